The van der Waals surface area contributed by atoms with Gasteiger partial charge in [0.15, 0.2) is 0 Å². The van der Waals surface area contributed by atoms with Crippen LogP contribution in [0.1, 0.15) is 0 Å². The van der Waals surface area contributed by atoms with Gasteiger partial charge in [-0.15, -0.1) is 0 Å². The second kappa shape index (κ2) is 8.76. The molecule has 0 radical (unpaired) electrons. The van der Waals surface area contributed by atoms with E-state index < -0.39 is 30.4 Å². The van der Waals surface area contributed by atoms with Gasteiger partial charge < -0.3 is 18.9 Å². The molecule has 140 valence electrons. The monoisotopic (exact) mass is 388 g/mol. The van der Waals surface area contributed by atoms with E-state index >= 15 is 0 Å². The number of benzene rings is 2. The average Bonchev–Trinajstić information content (AvgIpc) is 2.69. The molecule has 0 aliphatic rings. The first-order chi connectivity index (χ1) is 13.0. The fourth-order valence-electron chi connectivity index (χ4n) is 2.15. The van der Waals surface area contributed by atoms with Crippen LogP contribution in [0.25, 0.3) is 0 Å². The Balaban J connectivity index is 2.48. The molecule has 9 heteroatoms. The van der Waals surface area contributed by atoms with Crippen molar-refractivity contribution >= 4 is 30.4 Å². The number of carbonyl (C=O) groups is 4. The molecule has 0 unspecified atom stereocenters. The van der Waals surface area contributed by atoms with Gasteiger partial charge in [-0.2, -0.15) is 0 Å². The van der Waals surface area contributed by atoms with E-state index in [2.05, 4.69) is 9.47 Å². The standard InChI is InChI=1S/C18H16O8Si/c1-23-15(19)27(16(20)24-2,17(21)25-13-9-5-3-6-10-13)18(22)26-14-11-7-4-8-12-14/h3-12H,1-2H3. The number of rotatable bonds is 6. The predicted octanol–water partition coefficient (Wildman–Crippen LogP) is 3.69. The van der Waals surface area contributed by atoms with Crippen molar-refractivity contribution in [3.63, 3.8) is 0 Å². The molecule has 0 aliphatic heterocycles. The van der Waals surface area contributed by atoms with E-state index in [9.17, 15) is 19.2 Å². The number of hydrogen-bond donors (Lipinski definition) is 0. The van der Waals surface area contributed by atoms with Crippen molar-refractivity contribution in [1.29, 1.82) is 0 Å². The molecule has 0 N–H and O–H groups in total. The quantitative estimate of drug-likeness (QED) is 0.690. The highest BCUT2D eigenvalue weighted by atomic mass is 28.3. The zero-order valence-electron chi connectivity index (χ0n) is 14.5. The lowest BCUT2D eigenvalue weighted by Crippen LogP contribution is -2.67. The summed E-state index contributed by atoms with van der Waals surface area (Å²) in [6.45, 7) is 0. The third kappa shape index (κ3) is 4.03. The molecule has 0 aliphatic carbocycles. The third-order valence-electron chi connectivity index (χ3n) is 3.50. The summed E-state index contributed by atoms with van der Waals surface area (Å²) in [5, 5.41) is 0. The summed E-state index contributed by atoms with van der Waals surface area (Å²) < 4.78 is 19.4. The van der Waals surface area contributed by atoms with Crippen molar-refractivity contribution in [2.24, 2.45) is 0 Å². The number of hydrogen-bond acceptors (Lipinski definition) is 8. The summed E-state index contributed by atoms with van der Waals surface area (Å²) in [6, 6.07) is 15.3. The third-order valence-corrected chi connectivity index (χ3v) is 6.56. The molecule has 27 heavy (non-hydrogen) atoms. The van der Waals surface area contributed by atoms with Crippen LogP contribution in [0.2, 0.25) is 0 Å². The first kappa shape index (κ1) is 19.9. The normalized spacial score (nSPS) is 10.4. The molecule has 0 atom stereocenters. The van der Waals surface area contributed by atoms with Crippen molar-refractivity contribution < 1.29 is 38.1 Å². The Kier molecular flexibility index (Phi) is 6.45. The van der Waals surface area contributed by atoms with Crippen molar-refractivity contribution in [3.05, 3.63) is 60.7 Å². The van der Waals surface area contributed by atoms with Gasteiger partial charge in [0, 0.05) is 0 Å². The van der Waals surface area contributed by atoms with Gasteiger partial charge >= 0.3 is 30.4 Å². The SMILES string of the molecule is COC(=O)[Si](C(=O)OC)(C(=O)Oc1ccccc1)C(=O)Oc1ccccc1. The second-order valence-electron chi connectivity index (χ2n) is 5.14. The molecule has 0 amide bonds. The van der Waals surface area contributed by atoms with Gasteiger partial charge in [-0.05, 0) is 24.3 Å². The van der Waals surface area contributed by atoms with E-state index in [0.717, 1.165) is 14.2 Å². The van der Waals surface area contributed by atoms with Crippen LogP contribution in [0, 0.1) is 0 Å². The molecular formula is C18H16O8Si. The molecule has 8 nitrogen and oxygen atoms in total. The van der Waals surface area contributed by atoms with Crippen molar-refractivity contribution in [1.82, 2.24) is 0 Å². The van der Waals surface area contributed by atoms with Crippen LogP contribution >= 0.6 is 0 Å². The largest absolute Gasteiger partial charge is 0.546 e. The van der Waals surface area contributed by atoms with Gasteiger partial charge in [0.2, 0.25) is 0 Å². The number of ether oxygens (including phenoxy) is 4. The van der Waals surface area contributed by atoms with Crippen LogP contribution in [0.4, 0.5) is 19.2 Å². The van der Waals surface area contributed by atoms with Gasteiger partial charge in [0.25, 0.3) is 0 Å². The Morgan fingerprint density at radius 1 is 0.593 bits per heavy atom. The van der Waals surface area contributed by atoms with E-state index in [4.69, 9.17) is 9.47 Å². The molecule has 0 bridgehead atoms. The van der Waals surface area contributed by atoms with E-state index in [-0.39, 0.29) is 11.5 Å². The molecule has 2 rings (SSSR count). The van der Waals surface area contributed by atoms with Crippen LogP contribution in [0.5, 0.6) is 11.5 Å². The lowest BCUT2D eigenvalue weighted by Gasteiger charge is -2.21. The molecule has 0 heterocycles. The summed E-state index contributed by atoms with van der Waals surface area (Å²) >= 11 is 0. The average molecular weight is 388 g/mol. The minimum Gasteiger partial charge on any atom is -0.472 e. The highest BCUT2D eigenvalue weighted by Crippen LogP contribution is 2.22. The molecule has 2 aromatic rings. The lowest BCUT2D eigenvalue weighted by molar-refractivity contribution is 0.180. The summed E-state index contributed by atoms with van der Waals surface area (Å²) in [5.41, 5.74) is -5.44. The minimum absolute atomic E-state index is 0.0414. The van der Waals surface area contributed by atoms with Crippen molar-refractivity contribution in [2.45, 2.75) is 0 Å². The maximum atomic E-state index is 12.8. The maximum Gasteiger partial charge on any atom is 0.546 e. The molecule has 2 aromatic carbocycles. The Hall–Kier alpha value is -3.46. The van der Waals surface area contributed by atoms with Crippen LogP contribution in [0.15, 0.2) is 60.7 Å². The first-order valence-corrected chi connectivity index (χ1v) is 9.68. The second-order valence-corrected chi connectivity index (χ2v) is 8.27. The molecule has 0 fully saturated rings. The maximum absolute atomic E-state index is 12.8. The minimum atomic E-state index is -5.02. The smallest absolute Gasteiger partial charge is 0.472 e. The molecule has 0 aromatic heterocycles. The Bertz CT molecular complexity index is 763. The van der Waals surface area contributed by atoms with Crippen molar-refractivity contribution in [3.8, 4) is 11.5 Å². The highest BCUT2D eigenvalue weighted by Gasteiger charge is 2.71. The Morgan fingerprint density at radius 3 is 1.22 bits per heavy atom. The van der Waals surface area contributed by atoms with Gasteiger partial charge in [-0.3, -0.25) is 19.2 Å². The van der Waals surface area contributed by atoms with Gasteiger partial charge in [-0.25, -0.2) is 0 Å². The van der Waals surface area contributed by atoms with Gasteiger partial charge in [0.05, 0.1) is 14.2 Å². The predicted molar refractivity (Wildman–Crippen MR) is 95.5 cm³/mol. The van der Waals surface area contributed by atoms with Crippen LogP contribution in [-0.2, 0) is 9.47 Å². The summed E-state index contributed by atoms with van der Waals surface area (Å²) in [4.78, 5) is 50.5. The fraction of sp³-hybridized carbons (Fsp3) is 0.111. The van der Waals surface area contributed by atoms with Crippen LogP contribution < -0.4 is 9.47 Å². The van der Waals surface area contributed by atoms with E-state index in [1.54, 1.807) is 36.4 Å². The summed E-state index contributed by atoms with van der Waals surface area (Å²) in [6.07, 6.45) is 0. The zero-order valence-corrected chi connectivity index (χ0v) is 15.5. The van der Waals surface area contributed by atoms with E-state index in [0.29, 0.717) is 0 Å². The van der Waals surface area contributed by atoms with Crippen molar-refractivity contribution in [2.75, 3.05) is 14.2 Å². The summed E-state index contributed by atoms with van der Waals surface area (Å²) in [7, 11) is -3.13. The van der Waals surface area contributed by atoms with Crippen LogP contribution in [0.3, 0.4) is 0 Å². The highest BCUT2D eigenvalue weighted by molar-refractivity contribution is 7.52. The van der Waals surface area contributed by atoms with Gasteiger partial charge in [0.1, 0.15) is 11.5 Å². The number of methoxy groups -OCH3 is 2. The molecule has 0 spiro atoms. The molecular weight excluding hydrogens is 372 g/mol. The fourth-order valence-corrected chi connectivity index (χ4v) is 4.30. The first-order valence-electron chi connectivity index (χ1n) is 7.68. The Labute approximate surface area is 155 Å². The molecule has 0 saturated heterocycles. The van der Waals surface area contributed by atoms with E-state index in [1.807, 2.05) is 0 Å². The lowest BCUT2D eigenvalue weighted by atomic mass is 10.3. The zero-order chi connectivity index (χ0) is 19.9. The van der Waals surface area contributed by atoms with Crippen LogP contribution in [-0.4, -0.2) is 44.7 Å². The summed E-state index contributed by atoms with van der Waals surface area (Å²) in [5.74, 6) is 0.0828. The number of para-hydroxylation sites is 2. The van der Waals surface area contributed by atoms with E-state index in [1.165, 1.54) is 24.3 Å². The van der Waals surface area contributed by atoms with Gasteiger partial charge in [-0.1, -0.05) is 36.4 Å². The molecule has 0 saturated carbocycles. The number of carbonyl (C=O) groups excluding carboxylic acids is 4. The Morgan fingerprint density at radius 2 is 0.926 bits per heavy atom. The topological polar surface area (TPSA) is 105 Å².